The molecule has 0 amide bonds. The van der Waals surface area contributed by atoms with Crippen LogP contribution in [0.1, 0.15) is 27.9 Å². The van der Waals surface area contributed by atoms with Gasteiger partial charge in [-0.2, -0.15) is 0 Å². The van der Waals surface area contributed by atoms with Crippen LogP contribution < -0.4 is 5.32 Å². The van der Waals surface area contributed by atoms with E-state index in [1.165, 1.54) is 7.11 Å². The number of rotatable bonds is 2. The van der Waals surface area contributed by atoms with Crippen LogP contribution in [0, 0.1) is 6.92 Å². The first kappa shape index (κ1) is 10.0. The van der Waals surface area contributed by atoms with Crippen molar-refractivity contribution in [2.24, 2.45) is 0 Å². The summed E-state index contributed by atoms with van der Waals surface area (Å²) in [5.74, 6) is 0.650. The predicted octanol–water partition coefficient (Wildman–Crippen LogP) is 0.258. The van der Waals surface area contributed by atoms with Crippen LogP contribution in [-0.2, 0) is 4.74 Å². The Balaban J connectivity index is 2.31. The molecule has 0 aliphatic carbocycles. The first-order valence-electron chi connectivity index (χ1n) is 4.85. The Morgan fingerprint density at radius 3 is 2.80 bits per heavy atom. The van der Waals surface area contributed by atoms with E-state index in [-0.39, 0.29) is 0 Å². The van der Waals surface area contributed by atoms with E-state index in [1.807, 2.05) is 6.92 Å². The Morgan fingerprint density at radius 1 is 1.53 bits per heavy atom. The summed E-state index contributed by atoms with van der Waals surface area (Å²) in [6.45, 7) is 3.61. The maximum Gasteiger partial charge on any atom is 0.356 e. The van der Waals surface area contributed by atoms with E-state index in [0.717, 1.165) is 24.6 Å². The molecule has 0 unspecified atom stereocenters. The molecule has 5 nitrogen and oxygen atoms in total. The molecule has 2 rings (SSSR count). The quantitative estimate of drug-likeness (QED) is 0.705. The fourth-order valence-electron chi connectivity index (χ4n) is 1.45. The molecule has 1 aliphatic heterocycles. The SMILES string of the molecule is COC(=O)c1cc(C)nc(C2CNC2)n1. The zero-order chi connectivity index (χ0) is 10.8. The van der Waals surface area contributed by atoms with Gasteiger partial charge < -0.3 is 10.1 Å². The molecule has 1 aromatic heterocycles. The van der Waals surface area contributed by atoms with Crippen molar-refractivity contribution in [1.29, 1.82) is 0 Å². The molecule has 15 heavy (non-hydrogen) atoms. The lowest BCUT2D eigenvalue weighted by molar-refractivity contribution is 0.0593. The average molecular weight is 207 g/mol. The van der Waals surface area contributed by atoms with Crippen molar-refractivity contribution < 1.29 is 9.53 Å². The highest BCUT2D eigenvalue weighted by Crippen LogP contribution is 2.16. The maximum absolute atomic E-state index is 11.3. The molecule has 5 heteroatoms. The number of aromatic nitrogens is 2. The first-order valence-corrected chi connectivity index (χ1v) is 4.85. The standard InChI is InChI=1S/C10H13N3O2/c1-6-3-8(10(14)15-2)13-9(12-6)7-4-11-5-7/h3,7,11H,4-5H2,1-2H3. The summed E-state index contributed by atoms with van der Waals surface area (Å²) in [5, 5.41) is 3.15. The van der Waals surface area contributed by atoms with Gasteiger partial charge in [0.2, 0.25) is 0 Å². The predicted molar refractivity (Wildman–Crippen MR) is 53.7 cm³/mol. The molecule has 1 saturated heterocycles. The van der Waals surface area contributed by atoms with Crippen LogP contribution in [-0.4, -0.2) is 36.1 Å². The molecule has 0 bridgehead atoms. The van der Waals surface area contributed by atoms with Crippen LogP contribution in [0.2, 0.25) is 0 Å². The minimum Gasteiger partial charge on any atom is -0.464 e. The Labute approximate surface area is 87.9 Å². The largest absolute Gasteiger partial charge is 0.464 e. The number of esters is 1. The van der Waals surface area contributed by atoms with Crippen LogP contribution in [0.4, 0.5) is 0 Å². The minimum absolute atomic E-state index is 0.327. The summed E-state index contributed by atoms with van der Waals surface area (Å²) in [4.78, 5) is 19.8. The van der Waals surface area contributed by atoms with Gasteiger partial charge in [-0.25, -0.2) is 14.8 Å². The molecule has 2 heterocycles. The van der Waals surface area contributed by atoms with Gasteiger partial charge in [0.05, 0.1) is 7.11 Å². The van der Waals surface area contributed by atoms with E-state index < -0.39 is 5.97 Å². The van der Waals surface area contributed by atoms with Crippen LogP contribution in [0.5, 0.6) is 0 Å². The van der Waals surface area contributed by atoms with E-state index >= 15 is 0 Å². The number of nitrogens with zero attached hydrogens (tertiary/aromatic N) is 2. The van der Waals surface area contributed by atoms with Gasteiger partial charge >= 0.3 is 5.97 Å². The van der Waals surface area contributed by atoms with Gasteiger partial charge in [0.15, 0.2) is 5.69 Å². The van der Waals surface area contributed by atoms with E-state index in [2.05, 4.69) is 20.0 Å². The lowest BCUT2D eigenvalue weighted by atomic mass is 10.0. The first-order chi connectivity index (χ1) is 7.20. The van der Waals surface area contributed by atoms with Crippen molar-refractivity contribution in [3.8, 4) is 0 Å². The zero-order valence-electron chi connectivity index (χ0n) is 8.78. The van der Waals surface area contributed by atoms with Crippen molar-refractivity contribution in [2.75, 3.05) is 20.2 Å². The van der Waals surface area contributed by atoms with Gasteiger partial charge in [0.25, 0.3) is 0 Å². The minimum atomic E-state index is -0.408. The summed E-state index contributed by atoms with van der Waals surface area (Å²) in [5.41, 5.74) is 1.14. The van der Waals surface area contributed by atoms with Crippen LogP contribution in [0.3, 0.4) is 0 Å². The van der Waals surface area contributed by atoms with Gasteiger partial charge in [-0.1, -0.05) is 0 Å². The molecule has 80 valence electrons. The Hall–Kier alpha value is -1.49. The second-order valence-corrected chi connectivity index (χ2v) is 3.60. The number of methoxy groups -OCH3 is 1. The third kappa shape index (κ3) is 1.97. The highest BCUT2D eigenvalue weighted by atomic mass is 16.5. The highest BCUT2D eigenvalue weighted by molar-refractivity contribution is 5.87. The van der Waals surface area contributed by atoms with E-state index in [1.54, 1.807) is 6.07 Å². The Bertz CT molecular complexity index is 388. The van der Waals surface area contributed by atoms with Gasteiger partial charge in [-0.15, -0.1) is 0 Å². The molecule has 1 fully saturated rings. The van der Waals surface area contributed by atoms with Crippen molar-refractivity contribution in [1.82, 2.24) is 15.3 Å². The number of nitrogens with one attached hydrogen (secondary N) is 1. The third-order valence-electron chi connectivity index (χ3n) is 2.41. The fourth-order valence-corrected chi connectivity index (χ4v) is 1.45. The zero-order valence-corrected chi connectivity index (χ0v) is 8.78. The van der Waals surface area contributed by atoms with Crippen molar-refractivity contribution in [3.05, 3.63) is 23.3 Å². The molecular weight excluding hydrogens is 194 g/mol. The highest BCUT2D eigenvalue weighted by Gasteiger charge is 2.23. The van der Waals surface area contributed by atoms with Crippen molar-refractivity contribution in [3.63, 3.8) is 0 Å². The molecule has 1 aliphatic rings. The fraction of sp³-hybridized carbons (Fsp3) is 0.500. The third-order valence-corrected chi connectivity index (χ3v) is 2.41. The van der Waals surface area contributed by atoms with Crippen LogP contribution >= 0.6 is 0 Å². The lowest BCUT2D eigenvalue weighted by Crippen LogP contribution is -2.41. The van der Waals surface area contributed by atoms with Crippen LogP contribution in [0.25, 0.3) is 0 Å². The van der Waals surface area contributed by atoms with Gasteiger partial charge in [-0.05, 0) is 13.0 Å². The maximum atomic E-state index is 11.3. The second-order valence-electron chi connectivity index (χ2n) is 3.60. The Morgan fingerprint density at radius 2 is 2.27 bits per heavy atom. The van der Waals surface area contributed by atoms with Crippen LogP contribution in [0.15, 0.2) is 6.07 Å². The summed E-state index contributed by atoms with van der Waals surface area (Å²) >= 11 is 0. The number of carbonyl (C=O) groups excluding carboxylic acids is 1. The lowest BCUT2D eigenvalue weighted by Gasteiger charge is -2.25. The molecular formula is C10H13N3O2. The topological polar surface area (TPSA) is 64.1 Å². The molecule has 0 spiro atoms. The molecule has 0 saturated carbocycles. The monoisotopic (exact) mass is 207 g/mol. The molecule has 1 N–H and O–H groups in total. The number of aryl methyl sites for hydroxylation is 1. The molecule has 1 aromatic rings. The number of ether oxygens (including phenoxy) is 1. The summed E-state index contributed by atoms with van der Waals surface area (Å²) < 4.78 is 4.63. The summed E-state index contributed by atoms with van der Waals surface area (Å²) in [7, 11) is 1.35. The number of carbonyl (C=O) groups is 1. The molecule has 0 radical (unpaired) electrons. The Kier molecular flexibility index (Phi) is 2.64. The smallest absolute Gasteiger partial charge is 0.356 e. The van der Waals surface area contributed by atoms with E-state index in [0.29, 0.717) is 11.6 Å². The average Bonchev–Trinajstić information content (AvgIpc) is 2.13. The van der Waals surface area contributed by atoms with Gasteiger partial charge in [0.1, 0.15) is 5.82 Å². The summed E-state index contributed by atoms with van der Waals surface area (Å²) in [6.07, 6.45) is 0. The van der Waals surface area contributed by atoms with E-state index in [9.17, 15) is 4.79 Å². The van der Waals surface area contributed by atoms with Crippen molar-refractivity contribution >= 4 is 5.97 Å². The normalized spacial score (nSPS) is 15.9. The van der Waals surface area contributed by atoms with Crippen molar-refractivity contribution in [2.45, 2.75) is 12.8 Å². The number of hydrogen-bond donors (Lipinski definition) is 1. The number of hydrogen-bond acceptors (Lipinski definition) is 5. The molecule has 0 atom stereocenters. The van der Waals surface area contributed by atoms with Gasteiger partial charge in [-0.3, -0.25) is 0 Å². The second kappa shape index (κ2) is 3.94. The molecule has 0 aromatic carbocycles. The summed E-state index contributed by atoms with van der Waals surface area (Å²) in [6, 6.07) is 1.64. The van der Waals surface area contributed by atoms with Gasteiger partial charge in [0, 0.05) is 24.7 Å². The van der Waals surface area contributed by atoms with E-state index in [4.69, 9.17) is 0 Å².